The molecule has 29 heavy (non-hydrogen) atoms. The van der Waals surface area contributed by atoms with Crippen molar-refractivity contribution < 1.29 is 19.1 Å². The van der Waals surface area contributed by atoms with Gasteiger partial charge in [0.15, 0.2) is 16.7 Å². The summed E-state index contributed by atoms with van der Waals surface area (Å²) in [6.07, 6.45) is 0.454. The van der Waals surface area contributed by atoms with E-state index in [-0.39, 0.29) is 23.3 Å². The van der Waals surface area contributed by atoms with Crippen molar-refractivity contribution in [1.29, 1.82) is 0 Å². The van der Waals surface area contributed by atoms with Crippen LogP contribution in [0.15, 0.2) is 40.3 Å². The van der Waals surface area contributed by atoms with E-state index in [1.807, 2.05) is 0 Å². The Hall–Kier alpha value is -3.14. The van der Waals surface area contributed by atoms with Crippen molar-refractivity contribution in [3.05, 3.63) is 46.2 Å². The molecule has 1 aromatic carbocycles. The van der Waals surface area contributed by atoms with E-state index >= 15 is 0 Å². The van der Waals surface area contributed by atoms with Crippen molar-refractivity contribution >= 4 is 41.1 Å². The first kappa shape index (κ1) is 22.2. The van der Waals surface area contributed by atoms with Gasteiger partial charge in [-0.2, -0.15) is 0 Å². The Morgan fingerprint density at radius 1 is 1.17 bits per heavy atom. The Balaban J connectivity index is 2.35. The summed E-state index contributed by atoms with van der Waals surface area (Å²) in [7, 11) is 0. The normalized spacial score (nSPS) is 11.4. The summed E-state index contributed by atoms with van der Waals surface area (Å²) >= 11 is 1.01. The van der Waals surface area contributed by atoms with E-state index in [2.05, 4.69) is 20.6 Å². The molecule has 0 radical (unpaired) electrons. The molecular weight excluding hydrogens is 396 g/mol. The van der Waals surface area contributed by atoms with Gasteiger partial charge in [0.1, 0.15) is 5.25 Å². The average molecular weight is 418 g/mol. The molecule has 0 spiro atoms. The van der Waals surface area contributed by atoms with Crippen LogP contribution >= 0.6 is 11.8 Å². The number of nitrogens with one attached hydrogen (secondary N) is 3. The molecule has 0 unspecified atom stereocenters. The van der Waals surface area contributed by atoms with Crippen LogP contribution in [0.5, 0.6) is 0 Å². The number of aromatic amines is 1. The predicted molar refractivity (Wildman–Crippen MR) is 110 cm³/mol. The van der Waals surface area contributed by atoms with Crippen LogP contribution in [-0.2, 0) is 14.3 Å². The zero-order valence-corrected chi connectivity index (χ0v) is 17.1. The lowest BCUT2D eigenvalue weighted by Crippen LogP contribution is -2.25. The van der Waals surface area contributed by atoms with Gasteiger partial charge in [0.25, 0.3) is 11.5 Å². The number of rotatable bonds is 8. The van der Waals surface area contributed by atoms with Crippen molar-refractivity contribution in [2.75, 3.05) is 17.2 Å². The minimum atomic E-state index is -0.658. The summed E-state index contributed by atoms with van der Waals surface area (Å²) in [6.45, 7) is 5.00. The number of benzene rings is 1. The number of carbonyl (C=O) groups is 3. The van der Waals surface area contributed by atoms with Gasteiger partial charge in [-0.15, -0.1) is 0 Å². The number of hydrogen-bond acceptors (Lipinski definition) is 7. The van der Waals surface area contributed by atoms with E-state index in [1.165, 1.54) is 6.92 Å². The second kappa shape index (κ2) is 10.4. The third-order valence-electron chi connectivity index (χ3n) is 3.64. The number of ether oxygens (including phenoxy) is 1. The van der Waals surface area contributed by atoms with Gasteiger partial charge in [0, 0.05) is 12.5 Å². The van der Waals surface area contributed by atoms with E-state index in [4.69, 9.17) is 4.74 Å². The van der Waals surface area contributed by atoms with Crippen LogP contribution in [0, 0.1) is 0 Å². The maximum absolute atomic E-state index is 12.6. The van der Waals surface area contributed by atoms with Crippen LogP contribution in [0.1, 0.15) is 37.6 Å². The van der Waals surface area contributed by atoms with Gasteiger partial charge in [-0.05, 0) is 25.5 Å². The topological polar surface area (TPSA) is 130 Å². The summed E-state index contributed by atoms with van der Waals surface area (Å²) in [5.74, 6) is -1.52. The van der Waals surface area contributed by atoms with Gasteiger partial charge in [-0.25, -0.2) is 4.98 Å². The molecule has 2 rings (SSSR count). The van der Waals surface area contributed by atoms with Crippen LogP contribution in [0.25, 0.3) is 0 Å². The first-order valence-electron chi connectivity index (χ1n) is 8.97. The molecule has 0 aliphatic carbocycles. The quantitative estimate of drug-likeness (QED) is 0.341. The van der Waals surface area contributed by atoms with Crippen LogP contribution in [0.4, 0.5) is 11.5 Å². The predicted octanol–water partition coefficient (Wildman–Crippen LogP) is 2.41. The Morgan fingerprint density at radius 3 is 2.45 bits per heavy atom. The maximum atomic E-state index is 12.6. The average Bonchev–Trinajstić information content (AvgIpc) is 2.69. The van der Waals surface area contributed by atoms with E-state index in [0.29, 0.717) is 12.0 Å². The number of anilines is 2. The second-order valence-electron chi connectivity index (χ2n) is 5.86. The summed E-state index contributed by atoms with van der Waals surface area (Å²) < 4.78 is 5.01. The Labute approximate surface area is 171 Å². The van der Waals surface area contributed by atoms with E-state index < -0.39 is 28.6 Å². The van der Waals surface area contributed by atoms with Gasteiger partial charge in [-0.3, -0.25) is 24.2 Å². The molecule has 1 atom stereocenters. The van der Waals surface area contributed by atoms with Gasteiger partial charge in [0.2, 0.25) is 5.91 Å². The standard InChI is InChI=1S/C19H22N4O5S/c1-4-13(18(27)28-5-2)29-19-22-15(20-11(3)24)14(17(26)23-19)21-16(25)12-9-7-6-8-10-12/h6-10,13H,4-5H2,1-3H3,(H,21,25)(H2,20,22,23,24,26)/t13-/m0/s1. The Kier molecular flexibility index (Phi) is 7.96. The van der Waals surface area contributed by atoms with Crippen molar-refractivity contribution in [2.24, 2.45) is 0 Å². The van der Waals surface area contributed by atoms with Gasteiger partial charge < -0.3 is 15.4 Å². The zero-order valence-electron chi connectivity index (χ0n) is 16.3. The molecule has 10 heteroatoms. The van der Waals surface area contributed by atoms with Crippen molar-refractivity contribution in [2.45, 2.75) is 37.6 Å². The van der Waals surface area contributed by atoms with E-state index in [0.717, 1.165) is 11.8 Å². The highest BCUT2D eigenvalue weighted by molar-refractivity contribution is 8.00. The van der Waals surface area contributed by atoms with Gasteiger partial charge in [0.05, 0.1) is 6.61 Å². The van der Waals surface area contributed by atoms with E-state index in [9.17, 15) is 19.2 Å². The molecule has 9 nitrogen and oxygen atoms in total. The van der Waals surface area contributed by atoms with Gasteiger partial charge >= 0.3 is 5.97 Å². The summed E-state index contributed by atoms with van der Waals surface area (Å²) in [6, 6.07) is 8.31. The maximum Gasteiger partial charge on any atom is 0.319 e. The molecular formula is C19H22N4O5S. The highest BCUT2D eigenvalue weighted by Gasteiger charge is 2.23. The number of aromatic nitrogens is 2. The first-order chi connectivity index (χ1) is 13.8. The molecule has 0 bridgehead atoms. The lowest BCUT2D eigenvalue weighted by molar-refractivity contribution is -0.142. The van der Waals surface area contributed by atoms with Crippen LogP contribution in [-0.4, -0.2) is 39.6 Å². The molecule has 154 valence electrons. The molecule has 1 aromatic heterocycles. The highest BCUT2D eigenvalue weighted by Crippen LogP contribution is 2.25. The highest BCUT2D eigenvalue weighted by atomic mass is 32.2. The molecule has 0 aliphatic heterocycles. The van der Waals surface area contributed by atoms with Crippen molar-refractivity contribution in [3.8, 4) is 0 Å². The number of thioether (sulfide) groups is 1. The number of carbonyl (C=O) groups excluding carboxylic acids is 3. The molecule has 2 amide bonds. The molecule has 2 aromatic rings. The SMILES string of the molecule is CCOC(=O)[C@H](CC)Sc1nc(NC(C)=O)c(NC(=O)c2ccccc2)c(=O)[nH]1. The first-order valence-corrected chi connectivity index (χ1v) is 9.85. The number of amides is 2. The van der Waals surface area contributed by atoms with E-state index in [1.54, 1.807) is 44.2 Å². The monoisotopic (exact) mass is 418 g/mol. The Bertz CT molecular complexity index is 945. The fourth-order valence-corrected chi connectivity index (χ4v) is 3.22. The molecule has 1 heterocycles. The molecule has 0 aliphatic rings. The van der Waals surface area contributed by atoms with Crippen LogP contribution in [0.2, 0.25) is 0 Å². The number of H-pyrrole nitrogens is 1. The fourth-order valence-electron chi connectivity index (χ4n) is 2.32. The fraction of sp³-hybridized carbons (Fsp3) is 0.316. The minimum absolute atomic E-state index is 0.105. The van der Waals surface area contributed by atoms with Gasteiger partial charge in [-0.1, -0.05) is 36.9 Å². The molecule has 0 saturated heterocycles. The zero-order chi connectivity index (χ0) is 21.4. The second-order valence-corrected chi connectivity index (χ2v) is 7.05. The molecule has 0 fully saturated rings. The number of esters is 1. The summed E-state index contributed by atoms with van der Waals surface area (Å²) in [4.78, 5) is 55.3. The molecule has 0 saturated carbocycles. The van der Waals surface area contributed by atoms with Crippen molar-refractivity contribution in [3.63, 3.8) is 0 Å². The summed E-state index contributed by atoms with van der Waals surface area (Å²) in [5, 5.41) is 4.47. The smallest absolute Gasteiger partial charge is 0.319 e. The lowest BCUT2D eigenvalue weighted by atomic mass is 10.2. The largest absolute Gasteiger partial charge is 0.465 e. The Morgan fingerprint density at radius 2 is 1.86 bits per heavy atom. The molecule has 3 N–H and O–H groups in total. The lowest BCUT2D eigenvalue weighted by Gasteiger charge is -2.14. The third kappa shape index (κ3) is 6.18. The number of hydrogen-bond donors (Lipinski definition) is 3. The summed E-state index contributed by atoms with van der Waals surface area (Å²) in [5.41, 5.74) is -0.510. The van der Waals surface area contributed by atoms with Crippen LogP contribution in [0.3, 0.4) is 0 Å². The number of nitrogens with zero attached hydrogens (tertiary/aromatic N) is 1. The minimum Gasteiger partial charge on any atom is -0.465 e. The third-order valence-corrected chi connectivity index (χ3v) is 4.87. The van der Waals surface area contributed by atoms with Crippen molar-refractivity contribution in [1.82, 2.24) is 9.97 Å². The van der Waals surface area contributed by atoms with Crippen LogP contribution < -0.4 is 16.2 Å².